The van der Waals surface area contributed by atoms with Crippen LogP contribution < -0.4 is 0 Å². The first-order chi connectivity index (χ1) is 40.6. The van der Waals surface area contributed by atoms with Gasteiger partial charge in [0.25, 0.3) is 11.8 Å². The molecule has 3 fully saturated rings. The van der Waals surface area contributed by atoms with E-state index in [4.69, 9.17) is 9.47 Å². The van der Waals surface area contributed by atoms with Crippen molar-refractivity contribution >= 4 is 67.4 Å². The van der Waals surface area contributed by atoms with Gasteiger partial charge in [0.15, 0.2) is 0 Å². The maximum absolute atomic E-state index is 14.0. The summed E-state index contributed by atoms with van der Waals surface area (Å²) in [7, 11) is 1.44. The van der Waals surface area contributed by atoms with E-state index in [-0.39, 0.29) is 42.0 Å². The van der Waals surface area contributed by atoms with Crippen LogP contribution in [0.15, 0.2) is 85.2 Å². The van der Waals surface area contributed by atoms with Gasteiger partial charge in [-0.25, -0.2) is 9.59 Å². The molecule has 5 aliphatic rings. The van der Waals surface area contributed by atoms with E-state index < -0.39 is 5.97 Å². The number of ether oxygens (including phenoxy) is 2. The molecule has 0 radical (unpaired) electrons. The molecule has 2 aliphatic carbocycles. The molecule has 2 amide bonds. The molecule has 1 N–H and O–H groups in total. The Bertz CT molecular complexity index is 3730. The van der Waals surface area contributed by atoms with Gasteiger partial charge in [0.2, 0.25) is 0 Å². The third-order valence-electron chi connectivity index (χ3n) is 18.8. The van der Waals surface area contributed by atoms with Crippen LogP contribution in [0, 0.1) is 0 Å². The number of nitrogens with zero attached hydrogens (tertiary/aromatic N) is 6. The van der Waals surface area contributed by atoms with E-state index in [0.29, 0.717) is 23.0 Å². The summed E-state index contributed by atoms with van der Waals surface area (Å²) in [5.74, 6) is -0.0870. The lowest BCUT2D eigenvalue weighted by atomic mass is 9.81. The van der Waals surface area contributed by atoms with Crippen LogP contribution in [-0.2, 0) is 35.7 Å². The van der Waals surface area contributed by atoms with Crippen LogP contribution in [0.25, 0.3) is 66.1 Å². The third-order valence-corrected chi connectivity index (χ3v) is 18.8. The molecule has 2 saturated carbocycles. The number of aromatic carboxylic acids is 1. The largest absolute Gasteiger partial charge is 0.478 e. The van der Waals surface area contributed by atoms with Gasteiger partial charge in [0.1, 0.15) is 0 Å². The van der Waals surface area contributed by atoms with E-state index in [2.05, 4.69) is 129 Å². The predicted molar refractivity (Wildman–Crippen MR) is 338 cm³/mol. The number of benzene rings is 4. The van der Waals surface area contributed by atoms with Crippen molar-refractivity contribution < 1.29 is 33.8 Å². The maximum Gasteiger partial charge on any atom is 0.337 e. The summed E-state index contributed by atoms with van der Waals surface area (Å²) in [6.07, 6.45) is 20.8. The van der Waals surface area contributed by atoms with Crippen LogP contribution in [0.4, 0.5) is 0 Å². The molecule has 7 heterocycles. The number of carboxylic acid groups (broad SMARTS) is 1. The van der Waals surface area contributed by atoms with Crippen LogP contribution in [0.5, 0.6) is 0 Å². The Kier molecular flexibility index (Phi) is 17.3. The fourth-order valence-electron chi connectivity index (χ4n) is 15.3. The molecule has 444 valence electrons. The summed E-state index contributed by atoms with van der Waals surface area (Å²) in [4.78, 5) is 56.3. The highest BCUT2D eigenvalue weighted by molar-refractivity contribution is 6.13. The number of hydrogen-bond donors (Lipinski definition) is 1. The first-order valence-electron chi connectivity index (χ1n) is 31.7. The molecule has 3 aliphatic heterocycles. The van der Waals surface area contributed by atoms with Crippen molar-refractivity contribution in [2.75, 3.05) is 20.3 Å². The topological polar surface area (TPSA) is 133 Å². The normalized spacial score (nSPS) is 16.4. The number of aryl methyl sites for hydroxylation is 4. The van der Waals surface area contributed by atoms with Crippen molar-refractivity contribution in [1.29, 1.82) is 0 Å². The molecule has 0 spiro atoms. The van der Waals surface area contributed by atoms with Crippen molar-refractivity contribution in [2.24, 2.45) is 0 Å². The molecule has 13 nitrogen and oxygen atoms in total. The molecule has 13 heteroatoms. The highest BCUT2D eigenvalue weighted by Crippen LogP contribution is 2.49. The number of hydrogen-bond acceptors (Lipinski definition) is 6. The van der Waals surface area contributed by atoms with Gasteiger partial charge in [-0.3, -0.25) is 9.59 Å². The molecule has 4 aromatic carbocycles. The van der Waals surface area contributed by atoms with Crippen molar-refractivity contribution in [2.45, 2.75) is 207 Å². The highest BCUT2D eigenvalue weighted by atomic mass is 16.5. The minimum Gasteiger partial charge on any atom is -0.478 e. The predicted octanol–water partition coefficient (Wildman–Crippen LogP) is 16.2. The van der Waals surface area contributed by atoms with Crippen molar-refractivity contribution in [3.8, 4) is 22.5 Å². The molecule has 13 rings (SSSR count). The van der Waals surface area contributed by atoms with Crippen molar-refractivity contribution in [3.05, 3.63) is 119 Å². The number of amides is 2. The lowest BCUT2D eigenvalue weighted by molar-refractivity contribution is 0.0597. The second-order valence-corrected chi connectivity index (χ2v) is 25.5. The SMILES string of the molecule is C1CCOC1.CC(C)N(C(=O)c1cn2c3c(cccc13)-c1c(C3CCCCC3)c3ccc(C(=O)O)cc3n1CCC2)C(C)C.COC(=O)c1ccc2c(C3CCCCC3)c3n(c2c1)CCCn1cc(C(=O)N(C(C)C)C(C)C)c2cccc-3c21. The Morgan fingerprint density at radius 2 is 0.929 bits per heavy atom. The summed E-state index contributed by atoms with van der Waals surface area (Å²) >= 11 is 0. The number of aromatic nitrogens is 4. The first kappa shape index (κ1) is 58.6. The zero-order chi connectivity index (χ0) is 59.1. The number of carbonyl (C=O) groups excluding carboxylic acids is 3. The van der Waals surface area contributed by atoms with Crippen LogP contribution >= 0.6 is 0 Å². The Labute approximate surface area is 495 Å². The molecular weight excluding hydrogens is 1050 g/mol. The van der Waals surface area contributed by atoms with E-state index in [1.165, 1.54) is 110 Å². The number of fused-ring (bicyclic) bond motifs is 8. The molecule has 1 saturated heterocycles. The fraction of sp³-hybridized carbons (Fsp3) is 0.493. The summed E-state index contributed by atoms with van der Waals surface area (Å²) < 4.78 is 19.5. The van der Waals surface area contributed by atoms with Gasteiger partial charge in [-0.05, 0) is 154 Å². The third kappa shape index (κ3) is 10.9. The van der Waals surface area contributed by atoms with Gasteiger partial charge in [0, 0.05) is 120 Å². The number of carbonyl (C=O) groups is 4. The van der Waals surface area contributed by atoms with Crippen molar-refractivity contribution in [1.82, 2.24) is 28.1 Å². The molecular formula is C71H88N6O7. The summed E-state index contributed by atoms with van der Waals surface area (Å²) in [6.45, 7) is 22.0. The Balaban J connectivity index is 0.000000162. The van der Waals surface area contributed by atoms with E-state index in [1.807, 2.05) is 34.1 Å². The average molecular weight is 1140 g/mol. The molecule has 0 unspecified atom stereocenters. The molecule has 0 atom stereocenters. The second-order valence-electron chi connectivity index (χ2n) is 25.5. The zero-order valence-corrected chi connectivity index (χ0v) is 51.3. The van der Waals surface area contributed by atoms with Gasteiger partial charge in [-0.2, -0.15) is 0 Å². The molecule has 84 heavy (non-hydrogen) atoms. The monoisotopic (exact) mass is 1140 g/mol. The number of carboxylic acids is 1. The first-order valence-corrected chi connectivity index (χ1v) is 31.7. The van der Waals surface area contributed by atoms with E-state index >= 15 is 0 Å². The maximum atomic E-state index is 14.0. The summed E-state index contributed by atoms with van der Waals surface area (Å²) in [5.41, 5.74) is 14.5. The second kappa shape index (κ2) is 24.8. The highest BCUT2D eigenvalue weighted by Gasteiger charge is 2.34. The zero-order valence-electron chi connectivity index (χ0n) is 51.3. The minimum atomic E-state index is -0.892. The molecule has 4 aromatic heterocycles. The van der Waals surface area contributed by atoms with Gasteiger partial charge in [0.05, 0.1) is 51.8 Å². The number of para-hydroxylation sites is 2. The number of esters is 1. The van der Waals surface area contributed by atoms with E-state index in [9.17, 15) is 24.3 Å². The Morgan fingerprint density at radius 1 is 0.512 bits per heavy atom. The van der Waals surface area contributed by atoms with Crippen LogP contribution in [0.2, 0.25) is 0 Å². The van der Waals surface area contributed by atoms with Gasteiger partial charge < -0.3 is 42.6 Å². The smallest absolute Gasteiger partial charge is 0.337 e. The van der Waals surface area contributed by atoms with Gasteiger partial charge in [-0.15, -0.1) is 0 Å². The number of rotatable bonds is 10. The Hall–Kier alpha value is -7.12. The van der Waals surface area contributed by atoms with E-state index in [1.54, 1.807) is 6.07 Å². The van der Waals surface area contributed by atoms with Crippen molar-refractivity contribution in [3.63, 3.8) is 0 Å². The van der Waals surface area contributed by atoms with Gasteiger partial charge in [-0.1, -0.05) is 87.1 Å². The van der Waals surface area contributed by atoms with Gasteiger partial charge >= 0.3 is 11.9 Å². The van der Waals surface area contributed by atoms with Crippen LogP contribution in [-0.4, -0.2) is 101 Å². The quantitative estimate of drug-likeness (QED) is 0.135. The average Bonchev–Trinajstić information content (AvgIpc) is 1.72. The number of methoxy groups -OCH3 is 1. The van der Waals surface area contributed by atoms with E-state index in [0.717, 1.165) is 115 Å². The van der Waals surface area contributed by atoms with Crippen LogP contribution in [0.1, 0.15) is 210 Å². The fourth-order valence-corrected chi connectivity index (χ4v) is 15.3. The molecule has 0 bridgehead atoms. The summed E-state index contributed by atoms with van der Waals surface area (Å²) in [6, 6.07) is 25.1. The molecule has 8 aromatic rings. The summed E-state index contributed by atoms with van der Waals surface area (Å²) in [5, 5.41) is 14.2. The lowest BCUT2D eigenvalue weighted by Gasteiger charge is -2.30. The Morgan fingerprint density at radius 3 is 1.31 bits per heavy atom. The minimum absolute atomic E-state index is 0.0827. The standard InChI is InChI=1S/C34H41N3O3.C33H39N3O3.C4H8O/c1-21(2)37(22(3)4)33(38)28-20-35-17-10-18-36-29-19-24(34(39)40-5)15-16-26(29)30(23-11-7-6-8-12-23)32(36)27-14-9-13-25(28)31(27)35;1-20(2)36(21(3)4)32(37)27-19-34-16-9-17-35-28-18-23(33(38)39)14-15-25(28)29(22-10-6-5-7-11-22)31(35)26-13-8-12-24(27)30(26)34;1-2-4-5-3-1/h9,13-16,19-23H,6-8,10-12,17-18H2,1-5H3;8,12-15,18-22H,5-7,9-11,16-17H2,1-4H3,(H,38,39);1-4H2. The van der Waals surface area contributed by atoms with Crippen LogP contribution in [0.3, 0.4) is 0 Å². The lowest BCUT2D eigenvalue weighted by Crippen LogP contribution is -2.42.